The van der Waals surface area contributed by atoms with Gasteiger partial charge in [0.05, 0.1) is 13.2 Å². The fourth-order valence-corrected chi connectivity index (χ4v) is 14.7. The van der Waals surface area contributed by atoms with Crippen LogP contribution in [-0.2, 0) is 26.6 Å². The molecule has 2 heterocycles. The van der Waals surface area contributed by atoms with Crippen LogP contribution >= 0.6 is 0 Å². The van der Waals surface area contributed by atoms with Gasteiger partial charge in [0.25, 0.3) is 0 Å². The zero-order valence-electron chi connectivity index (χ0n) is 17.6. The Morgan fingerprint density at radius 3 is 2.23 bits per heavy atom. The van der Waals surface area contributed by atoms with Crippen molar-refractivity contribution in [1.82, 2.24) is 0 Å². The van der Waals surface area contributed by atoms with Crippen LogP contribution in [0, 0.1) is 0 Å². The number of ether oxygens (including phenoxy) is 2. The highest BCUT2D eigenvalue weighted by atomic mass is 28.5. The molecule has 26 heavy (non-hydrogen) atoms. The van der Waals surface area contributed by atoms with Gasteiger partial charge in [-0.15, -0.1) is 0 Å². The van der Waals surface area contributed by atoms with Crippen LogP contribution in [0.15, 0.2) is 0 Å². The van der Waals surface area contributed by atoms with Crippen molar-refractivity contribution in [3.63, 3.8) is 0 Å². The maximum absolute atomic E-state index is 6.44. The van der Waals surface area contributed by atoms with Gasteiger partial charge in [-0.05, 0) is 45.5 Å². The number of rotatable bonds is 9. The molecule has 2 rings (SSSR count). The molecule has 154 valence electrons. The highest BCUT2D eigenvalue weighted by Gasteiger charge is 2.43. The summed E-state index contributed by atoms with van der Waals surface area (Å²) in [5, 5.41) is 0. The predicted molar refractivity (Wildman–Crippen MR) is 113 cm³/mol. The van der Waals surface area contributed by atoms with E-state index in [4.69, 9.17) is 26.6 Å². The van der Waals surface area contributed by atoms with Crippen molar-refractivity contribution in [2.45, 2.75) is 83.0 Å². The molecule has 0 aromatic carbocycles. The van der Waals surface area contributed by atoms with Crippen LogP contribution in [0.5, 0.6) is 0 Å². The van der Waals surface area contributed by atoms with Crippen LogP contribution in [0.3, 0.4) is 0 Å². The van der Waals surface area contributed by atoms with Crippen LogP contribution in [0.1, 0.15) is 19.8 Å². The van der Waals surface area contributed by atoms with Crippen molar-refractivity contribution in [3.05, 3.63) is 0 Å². The Morgan fingerprint density at radius 1 is 1.15 bits per heavy atom. The van der Waals surface area contributed by atoms with Crippen LogP contribution in [0.2, 0.25) is 51.4 Å². The number of hydrogen-bond donors (Lipinski definition) is 0. The monoisotopic (exact) mass is 438 g/mol. The topological polar surface area (TPSA) is 58.7 Å². The maximum atomic E-state index is 6.44. The molecule has 2 aliphatic rings. The van der Waals surface area contributed by atoms with E-state index in [1.54, 1.807) is 0 Å². The summed E-state index contributed by atoms with van der Waals surface area (Å²) >= 11 is 0. The van der Waals surface area contributed by atoms with Crippen LogP contribution in [0.4, 0.5) is 0 Å². The predicted octanol–water partition coefficient (Wildman–Crippen LogP) is 3.09. The highest BCUT2D eigenvalue weighted by Crippen LogP contribution is 2.31. The van der Waals surface area contributed by atoms with Crippen molar-refractivity contribution in [3.8, 4) is 0 Å². The molecule has 0 amide bonds. The van der Waals surface area contributed by atoms with Gasteiger partial charge in [0.2, 0.25) is 0 Å². The molecule has 0 aliphatic carbocycles. The first-order valence-electron chi connectivity index (χ1n) is 9.89. The third kappa shape index (κ3) is 8.76. The molecule has 0 aromatic rings. The first-order valence-corrected chi connectivity index (χ1v) is 20.3. The van der Waals surface area contributed by atoms with Gasteiger partial charge >= 0.3 is 27.1 Å². The van der Waals surface area contributed by atoms with Gasteiger partial charge in [0.1, 0.15) is 11.9 Å². The smallest absolute Gasteiger partial charge is 0.317 e. The maximum Gasteiger partial charge on any atom is 0.317 e. The Bertz CT molecular complexity index is 429. The van der Waals surface area contributed by atoms with E-state index in [0.29, 0.717) is 12.7 Å². The van der Waals surface area contributed by atoms with E-state index in [0.717, 1.165) is 32.1 Å². The van der Waals surface area contributed by atoms with E-state index in [9.17, 15) is 0 Å². The molecule has 0 spiro atoms. The summed E-state index contributed by atoms with van der Waals surface area (Å²) in [7, 11) is -7.02. The number of epoxide rings is 1. The average molecular weight is 439 g/mol. The normalized spacial score (nSPS) is 38.7. The lowest BCUT2D eigenvalue weighted by Gasteiger charge is -2.43. The molecule has 2 fully saturated rings. The second kappa shape index (κ2) is 9.42. The second-order valence-electron chi connectivity index (χ2n) is 9.07. The lowest BCUT2D eigenvalue weighted by atomic mass is 10.2. The summed E-state index contributed by atoms with van der Waals surface area (Å²) in [5.74, 6) is -0.541. The van der Waals surface area contributed by atoms with Crippen molar-refractivity contribution < 1.29 is 26.6 Å². The lowest BCUT2D eigenvalue weighted by molar-refractivity contribution is -0.127. The molecular formula is C16H38O6Si4. The molecule has 0 bridgehead atoms. The van der Waals surface area contributed by atoms with Gasteiger partial charge in [-0.25, -0.2) is 0 Å². The van der Waals surface area contributed by atoms with E-state index in [2.05, 4.69) is 46.2 Å². The van der Waals surface area contributed by atoms with Gasteiger partial charge < -0.3 is 26.6 Å². The summed E-state index contributed by atoms with van der Waals surface area (Å²) in [6, 6.07) is 2.11. The summed E-state index contributed by atoms with van der Waals surface area (Å²) in [6.45, 7) is 17.9. The summed E-state index contributed by atoms with van der Waals surface area (Å²) in [4.78, 5) is 0. The van der Waals surface area contributed by atoms with Gasteiger partial charge in [0, 0.05) is 14.7 Å². The molecule has 6 nitrogen and oxygen atoms in total. The highest BCUT2D eigenvalue weighted by molar-refractivity contribution is 6.78. The Balaban J connectivity index is 1.83. The minimum atomic E-state index is -2.26. The second-order valence-corrected chi connectivity index (χ2v) is 22.1. The third-order valence-corrected chi connectivity index (χ3v) is 15.9. The molecule has 0 N–H and O–H groups in total. The lowest BCUT2D eigenvalue weighted by Crippen LogP contribution is -2.55. The van der Waals surface area contributed by atoms with E-state index in [1.807, 2.05) is 0 Å². The Hall–Kier alpha value is 0.628. The van der Waals surface area contributed by atoms with Gasteiger partial charge in [0.15, 0.2) is 0 Å². The zero-order chi connectivity index (χ0) is 19.4. The minimum Gasteiger partial charge on any atom is -0.417 e. The molecular weight excluding hydrogens is 401 g/mol. The Kier molecular flexibility index (Phi) is 8.30. The molecule has 10 heteroatoms. The van der Waals surface area contributed by atoms with Gasteiger partial charge in [-0.3, -0.25) is 0 Å². The molecule has 2 aliphatic heterocycles. The quantitative estimate of drug-likeness (QED) is 0.313. The average Bonchev–Trinajstić information content (AvgIpc) is 3.26. The van der Waals surface area contributed by atoms with Crippen molar-refractivity contribution in [2.75, 3.05) is 19.8 Å². The SMILES string of the molecule is C[SiH]1OC(C)(CC[Si](C)(C)C)O[SiH](C)O[Si](C)(CCCOCC2CO2)O1. The Morgan fingerprint density at radius 2 is 1.73 bits per heavy atom. The fraction of sp³-hybridized carbons (Fsp3) is 1.00. The largest absolute Gasteiger partial charge is 0.417 e. The Labute approximate surface area is 164 Å². The summed E-state index contributed by atoms with van der Waals surface area (Å²) in [5.41, 5.74) is 0. The first-order chi connectivity index (χ1) is 12.0. The molecule has 0 radical (unpaired) electrons. The van der Waals surface area contributed by atoms with Crippen molar-refractivity contribution in [2.24, 2.45) is 0 Å². The van der Waals surface area contributed by atoms with Crippen LogP contribution < -0.4 is 0 Å². The van der Waals surface area contributed by atoms with E-state index >= 15 is 0 Å². The molecule has 2 saturated heterocycles. The van der Waals surface area contributed by atoms with Crippen molar-refractivity contribution in [1.29, 1.82) is 0 Å². The first kappa shape index (κ1) is 22.9. The molecule has 3 atom stereocenters. The van der Waals surface area contributed by atoms with E-state index in [1.165, 1.54) is 6.04 Å². The molecule has 0 saturated carbocycles. The third-order valence-electron chi connectivity index (χ3n) is 4.62. The van der Waals surface area contributed by atoms with Gasteiger partial charge in [-0.2, -0.15) is 0 Å². The zero-order valence-corrected chi connectivity index (χ0v) is 21.9. The molecule has 0 aromatic heterocycles. The van der Waals surface area contributed by atoms with Crippen molar-refractivity contribution >= 4 is 35.2 Å². The number of hydrogen-bond acceptors (Lipinski definition) is 6. The summed E-state index contributed by atoms with van der Waals surface area (Å²) < 4.78 is 36.4. The van der Waals surface area contributed by atoms with E-state index < -0.39 is 41.0 Å². The van der Waals surface area contributed by atoms with Crippen LogP contribution in [0.25, 0.3) is 0 Å². The minimum absolute atomic E-state index is 0.326. The molecule has 3 unspecified atom stereocenters. The standard InChI is InChI=1S/C16H38O6Si4/c1-16(9-12-25(4,5)6)19-23(2)21-26(7,22-24(3)20-16)11-8-10-17-13-15-14-18-15/h15,23-24H,8-14H2,1-7H3. The summed E-state index contributed by atoms with van der Waals surface area (Å²) in [6.07, 6.45) is 2.21. The van der Waals surface area contributed by atoms with E-state index in [-0.39, 0.29) is 0 Å². The van der Waals surface area contributed by atoms with Crippen LogP contribution in [-0.4, -0.2) is 66.9 Å². The van der Waals surface area contributed by atoms with Gasteiger partial charge in [-0.1, -0.05) is 25.7 Å². The fourth-order valence-electron chi connectivity index (χ4n) is 3.22.